The zero-order valence-corrected chi connectivity index (χ0v) is 8.15. The van der Waals surface area contributed by atoms with E-state index in [2.05, 4.69) is 0 Å². The first-order valence-electron chi connectivity index (χ1n) is 4.19. The molecule has 0 aliphatic carbocycles. The highest BCUT2D eigenvalue weighted by Gasteiger charge is 2.02. The van der Waals surface area contributed by atoms with Crippen LogP contribution in [0.2, 0.25) is 0 Å². The van der Waals surface area contributed by atoms with Crippen LogP contribution in [0.25, 0.3) is 6.08 Å². The van der Waals surface area contributed by atoms with Gasteiger partial charge in [0.05, 0.1) is 7.11 Å². The van der Waals surface area contributed by atoms with Crippen LogP contribution in [0, 0.1) is 6.92 Å². The third kappa shape index (κ3) is 2.36. The monoisotopic (exact) mass is 192 g/mol. The molecule has 0 aliphatic rings. The molecule has 0 amide bonds. The van der Waals surface area contributed by atoms with Crippen LogP contribution in [0.15, 0.2) is 24.3 Å². The highest BCUT2D eigenvalue weighted by atomic mass is 16.5. The molecule has 3 nitrogen and oxygen atoms in total. The largest absolute Gasteiger partial charge is 0.496 e. The Balaban J connectivity index is 3.11. The summed E-state index contributed by atoms with van der Waals surface area (Å²) >= 11 is 0. The van der Waals surface area contributed by atoms with Crippen LogP contribution < -0.4 is 4.74 Å². The van der Waals surface area contributed by atoms with Crippen molar-refractivity contribution >= 4 is 12.0 Å². The Bertz CT molecular complexity index is 367. The predicted molar refractivity (Wildman–Crippen MR) is 54.4 cm³/mol. The van der Waals surface area contributed by atoms with Gasteiger partial charge in [-0.2, -0.15) is 0 Å². The van der Waals surface area contributed by atoms with Crippen molar-refractivity contribution in [2.24, 2.45) is 0 Å². The van der Waals surface area contributed by atoms with Gasteiger partial charge in [-0.1, -0.05) is 12.1 Å². The molecule has 0 radical (unpaired) electrons. The molecule has 0 fully saturated rings. The number of hydrogen-bond acceptors (Lipinski definition) is 2. The van der Waals surface area contributed by atoms with E-state index in [0.29, 0.717) is 5.75 Å². The number of ether oxygens (including phenoxy) is 1. The summed E-state index contributed by atoms with van der Waals surface area (Å²) in [7, 11) is 1.56. The van der Waals surface area contributed by atoms with Gasteiger partial charge in [0.15, 0.2) is 0 Å². The summed E-state index contributed by atoms with van der Waals surface area (Å²) in [6.45, 7) is 1.91. The third-order valence-electron chi connectivity index (χ3n) is 1.90. The van der Waals surface area contributed by atoms with Crippen LogP contribution in [0.4, 0.5) is 0 Å². The van der Waals surface area contributed by atoms with Crippen molar-refractivity contribution in [3.63, 3.8) is 0 Å². The van der Waals surface area contributed by atoms with E-state index in [1.54, 1.807) is 13.2 Å². The average molecular weight is 192 g/mol. The lowest BCUT2D eigenvalue weighted by atomic mass is 10.1. The molecule has 0 atom stereocenters. The van der Waals surface area contributed by atoms with Gasteiger partial charge in [0, 0.05) is 11.6 Å². The van der Waals surface area contributed by atoms with Gasteiger partial charge in [0.25, 0.3) is 0 Å². The van der Waals surface area contributed by atoms with Crippen molar-refractivity contribution in [1.82, 2.24) is 0 Å². The van der Waals surface area contributed by atoms with E-state index >= 15 is 0 Å². The first kappa shape index (κ1) is 10.3. The van der Waals surface area contributed by atoms with Crippen LogP contribution in [-0.4, -0.2) is 18.2 Å². The fourth-order valence-corrected chi connectivity index (χ4v) is 1.20. The van der Waals surface area contributed by atoms with E-state index in [1.165, 1.54) is 6.08 Å². The molecule has 0 saturated carbocycles. The Morgan fingerprint density at radius 3 is 2.79 bits per heavy atom. The zero-order chi connectivity index (χ0) is 10.6. The van der Waals surface area contributed by atoms with E-state index in [-0.39, 0.29) is 0 Å². The molecule has 0 unspecified atom stereocenters. The standard InChI is InChI=1S/C11H12O3/c1-8-4-3-5-10(14-2)9(8)6-7-11(12)13/h3-7H,1-2H3,(H,12,13). The van der Waals surface area contributed by atoms with E-state index in [1.807, 2.05) is 19.1 Å². The molecule has 74 valence electrons. The Labute approximate surface area is 82.6 Å². The van der Waals surface area contributed by atoms with Gasteiger partial charge in [-0.25, -0.2) is 4.79 Å². The maximum Gasteiger partial charge on any atom is 0.328 e. The topological polar surface area (TPSA) is 46.5 Å². The minimum Gasteiger partial charge on any atom is -0.496 e. The van der Waals surface area contributed by atoms with Gasteiger partial charge in [-0.3, -0.25) is 0 Å². The van der Waals surface area contributed by atoms with Crippen LogP contribution in [0.5, 0.6) is 5.75 Å². The molecule has 1 aromatic carbocycles. The maximum absolute atomic E-state index is 10.4. The minimum absolute atomic E-state index is 0.683. The first-order valence-corrected chi connectivity index (χ1v) is 4.19. The number of methoxy groups -OCH3 is 1. The molecular formula is C11H12O3. The third-order valence-corrected chi connectivity index (χ3v) is 1.90. The summed E-state index contributed by atoms with van der Waals surface area (Å²) in [6.07, 6.45) is 2.64. The molecule has 14 heavy (non-hydrogen) atoms. The Kier molecular flexibility index (Phi) is 3.29. The summed E-state index contributed by atoms with van der Waals surface area (Å²) in [6, 6.07) is 5.57. The average Bonchev–Trinajstić information content (AvgIpc) is 2.15. The number of aryl methyl sites for hydroxylation is 1. The maximum atomic E-state index is 10.4. The molecule has 0 heterocycles. The molecule has 1 rings (SSSR count). The lowest BCUT2D eigenvalue weighted by Gasteiger charge is -2.06. The summed E-state index contributed by atoms with van der Waals surface area (Å²) in [5.41, 5.74) is 1.79. The van der Waals surface area contributed by atoms with Gasteiger partial charge >= 0.3 is 5.97 Å². The minimum atomic E-state index is -0.963. The lowest BCUT2D eigenvalue weighted by Crippen LogP contribution is -1.91. The highest BCUT2D eigenvalue weighted by molar-refractivity contribution is 5.86. The molecule has 1 aromatic rings. The van der Waals surface area contributed by atoms with Crippen LogP contribution >= 0.6 is 0 Å². The van der Waals surface area contributed by atoms with Gasteiger partial charge < -0.3 is 9.84 Å². The molecule has 3 heteroatoms. The number of carbonyl (C=O) groups is 1. The second-order valence-corrected chi connectivity index (χ2v) is 2.86. The van der Waals surface area contributed by atoms with Crippen molar-refractivity contribution < 1.29 is 14.6 Å². The number of carboxylic acids is 1. The first-order chi connectivity index (χ1) is 6.65. The number of rotatable bonds is 3. The number of carboxylic acid groups (broad SMARTS) is 1. The van der Waals surface area contributed by atoms with Gasteiger partial charge in [-0.15, -0.1) is 0 Å². The Morgan fingerprint density at radius 2 is 2.21 bits per heavy atom. The van der Waals surface area contributed by atoms with Crippen molar-refractivity contribution in [2.45, 2.75) is 6.92 Å². The second-order valence-electron chi connectivity index (χ2n) is 2.86. The molecule has 0 aromatic heterocycles. The van der Waals surface area contributed by atoms with Crippen LogP contribution in [0.3, 0.4) is 0 Å². The van der Waals surface area contributed by atoms with Crippen molar-refractivity contribution in [3.05, 3.63) is 35.4 Å². The number of benzene rings is 1. The lowest BCUT2D eigenvalue weighted by molar-refractivity contribution is -0.131. The smallest absolute Gasteiger partial charge is 0.328 e. The highest BCUT2D eigenvalue weighted by Crippen LogP contribution is 2.22. The van der Waals surface area contributed by atoms with E-state index in [0.717, 1.165) is 17.2 Å². The normalized spacial score (nSPS) is 10.4. The second kappa shape index (κ2) is 4.46. The molecule has 0 bridgehead atoms. The van der Waals surface area contributed by atoms with Crippen molar-refractivity contribution in [2.75, 3.05) is 7.11 Å². The van der Waals surface area contributed by atoms with E-state index < -0.39 is 5.97 Å². The Morgan fingerprint density at radius 1 is 1.50 bits per heavy atom. The molecule has 0 aliphatic heterocycles. The predicted octanol–water partition coefficient (Wildman–Crippen LogP) is 2.10. The van der Waals surface area contributed by atoms with Gasteiger partial charge in [0.1, 0.15) is 5.75 Å². The zero-order valence-electron chi connectivity index (χ0n) is 8.15. The van der Waals surface area contributed by atoms with Crippen molar-refractivity contribution in [3.8, 4) is 5.75 Å². The van der Waals surface area contributed by atoms with Gasteiger partial charge in [-0.05, 0) is 24.6 Å². The summed E-state index contributed by atoms with van der Waals surface area (Å²) in [5.74, 6) is -0.280. The summed E-state index contributed by atoms with van der Waals surface area (Å²) in [5, 5.41) is 8.50. The summed E-state index contributed by atoms with van der Waals surface area (Å²) < 4.78 is 5.11. The van der Waals surface area contributed by atoms with Crippen molar-refractivity contribution in [1.29, 1.82) is 0 Å². The SMILES string of the molecule is COc1cccc(C)c1C=CC(=O)O. The fraction of sp³-hybridized carbons (Fsp3) is 0.182. The summed E-state index contributed by atoms with van der Waals surface area (Å²) in [4.78, 5) is 10.4. The van der Waals surface area contributed by atoms with Crippen LogP contribution in [0.1, 0.15) is 11.1 Å². The van der Waals surface area contributed by atoms with E-state index in [4.69, 9.17) is 9.84 Å². The Hall–Kier alpha value is -1.77. The molecule has 0 saturated heterocycles. The van der Waals surface area contributed by atoms with Crippen LogP contribution in [-0.2, 0) is 4.79 Å². The van der Waals surface area contributed by atoms with E-state index in [9.17, 15) is 4.79 Å². The quantitative estimate of drug-likeness (QED) is 0.746. The molecule has 0 spiro atoms. The van der Waals surface area contributed by atoms with Gasteiger partial charge in [0.2, 0.25) is 0 Å². The molecular weight excluding hydrogens is 180 g/mol. The number of aliphatic carboxylic acids is 1. The fourth-order valence-electron chi connectivity index (χ4n) is 1.20. The number of hydrogen-bond donors (Lipinski definition) is 1. The molecule has 1 N–H and O–H groups in total.